The first-order chi connectivity index (χ1) is 8.34. The van der Waals surface area contributed by atoms with Gasteiger partial charge in [-0.1, -0.05) is 26.0 Å². The molecule has 0 fully saturated rings. The molecule has 0 spiro atoms. The van der Waals surface area contributed by atoms with Gasteiger partial charge in [0.15, 0.2) is 0 Å². The summed E-state index contributed by atoms with van der Waals surface area (Å²) >= 11 is 0. The number of hydrogen-bond donors (Lipinski definition) is 1. The molecule has 1 atom stereocenters. The van der Waals surface area contributed by atoms with E-state index in [4.69, 9.17) is 5.11 Å². The van der Waals surface area contributed by atoms with Crippen LogP contribution in [0.5, 0.6) is 0 Å². The monoisotopic (exact) mass is 249 g/mol. The van der Waals surface area contributed by atoms with E-state index in [0.29, 0.717) is 11.5 Å². The molecule has 18 heavy (non-hydrogen) atoms. The van der Waals surface area contributed by atoms with Crippen LogP contribution in [-0.2, 0) is 4.79 Å². The van der Waals surface area contributed by atoms with Crippen molar-refractivity contribution in [2.24, 2.45) is 0 Å². The van der Waals surface area contributed by atoms with Crippen LogP contribution in [0.1, 0.15) is 42.6 Å². The predicted molar refractivity (Wildman–Crippen MR) is 69.7 cm³/mol. The van der Waals surface area contributed by atoms with E-state index in [0.717, 1.165) is 5.56 Å². The molecule has 1 unspecified atom stereocenters. The third-order valence-electron chi connectivity index (χ3n) is 3.08. The topological polar surface area (TPSA) is 57.6 Å². The van der Waals surface area contributed by atoms with Gasteiger partial charge in [-0.2, -0.15) is 0 Å². The highest BCUT2D eigenvalue weighted by atomic mass is 16.4. The highest BCUT2D eigenvalue weighted by molar-refractivity contribution is 5.96. The third kappa shape index (κ3) is 3.09. The Bertz CT molecular complexity index is 437. The van der Waals surface area contributed by atoms with Crippen molar-refractivity contribution < 1.29 is 14.7 Å². The van der Waals surface area contributed by atoms with E-state index in [2.05, 4.69) is 13.8 Å². The summed E-state index contributed by atoms with van der Waals surface area (Å²) < 4.78 is 0. The second-order valence-corrected chi connectivity index (χ2v) is 4.71. The number of likely N-dealkylation sites (N-methyl/N-ethyl adjacent to an activating group) is 1. The lowest BCUT2D eigenvalue weighted by Crippen LogP contribution is -2.40. The number of carboxylic acid groups (broad SMARTS) is 1. The van der Waals surface area contributed by atoms with E-state index in [1.54, 1.807) is 12.1 Å². The molecule has 4 nitrogen and oxygen atoms in total. The number of amides is 1. The number of aliphatic carboxylic acids is 1. The Balaban J connectivity index is 2.87. The van der Waals surface area contributed by atoms with Gasteiger partial charge in [-0.05, 0) is 30.5 Å². The van der Waals surface area contributed by atoms with Crippen molar-refractivity contribution in [3.05, 3.63) is 35.4 Å². The zero-order chi connectivity index (χ0) is 13.9. The summed E-state index contributed by atoms with van der Waals surface area (Å²) in [4.78, 5) is 24.1. The highest BCUT2D eigenvalue weighted by Crippen LogP contribution is 2.16. The van der Waals surface area contributed by atoms with E-state index in [9.17, 15) is 9.59 Å². The van der Waals surface area contributed by atoms with Crippen molar-refractivity contribution in [1.82, 2.24) is 4.90 Å². The smallest absolute Gasteiger partial charge is 0.326 e. The standard InChI is InChI=1S/C14H19NO3/c1-9(2)11-5-7-12(8-6-11)13(16)15(4)10(3)14(17)18/h5-10H,1-4H3,(H,17,18). The number of benzene rings is 1. The maximum atomic E-state index is 12.0. The van der Waals surface area contributed by atoms with Gasteiger partial charge >= 0.3 is 5.97 Å². The minimum Gasteiger partial charge on any atom is -0.480 e. The summed E-state index contributed by atoms with van der Waals surface area (Å²) in [5.41, 5.74) is 1.66. The maximum Gasteiger partial charge on any atom is 0.326 e. The molecule has 4 heteroatoms. The van der Waals surface area contributed by atoms with Gasteiger partial charge in [0.05, 0.1) is 0 Å². The number of nitrogens with zero attached hydrogens (tertiary/aromatic N) is 1. The third-order valence-corrected chi connectivity index (χ3v) is 3.08. The fourth-order valence-corrected chi connectivity index (χ4v) is 1.56. The van der Waals surface area contributed by atoms with Crippen molar-refractivity contribution in [3.63, 3.8) is 0 Å². The van der Waals surface area contributed by atoms with Gasteiger partial charge in [-0.15, -0.1) is 0 Å². The van der Waals surface area contributed by atoms with Crippen molar-refractivity contribution in [2.45, 2.75) is 32.7 Å². The summed E-state index contributed by atoms with van der Waals surface area (Å²) in [6.45, 7) is 5.65. The maximum absolute atomic E-state index is 12.0. The average Bonchev–Trinajstić information content (AvgIpc) is 2.36. The van der Waals surface area contributed by atoms with Crippen LogP contribution < -0.4 is 0 Å². The molecule has 1 N–H and O–H groups in total. The molecule has 0 aliphatic carbocycles. The van der Waals surface area contributed by atoms with Crippen LogP contribution >= 0.6 is 0 Å². The first kappa shape index (κ1) is 14.2. The fourth-order valence-electron chi connectivity index (χ4n) is 1.56. The molecule has 1 rings (SSSR count). The zero-order valence-corrected chi connectivity index (χ0v) is 11.2. The van der Waals surface area contributed by atoms with Gasteiger partial charge in [0.2, 0.25) is 0 Å². The second kappa shape index (κ2) is 5.67. The Morgan fingerprint density at radius 3 is 2.00 bits per heavy atom. The number of hydrogen-bond acceptors (Lipinski definition) is 2. The minimum absolute atomic E-state index is 0.278. The zero-order valence-electron chi connectivity index (χ0n) is 11.2. The predicted octanol–water partition coefficient (Wildman–Crippen LogP) is 2.36. The van der Waals surface area contributed by atoms with Crippen LogP contribution in [0.2, 0.25) is 0 Å². The Hall–Kier alpha value is -1.84. The number of carboxylic acids is 1. The van der Waals surface area contributed by atoms with E-state index >= 15 is 0 Å². The molecule has 0 heterocycles. The number of carbonyl (C=O) groups is 2. The van der Waals surface area contributed by atoms with E-state index in [1.807, 2.05) is 12.1 Å². The largest absolute Gasteiger partial charge is 0.480 e. The molecule has 0 aromatic heterocycles. The molecule has 0 saturated carbocycles. The number of rotatable bonds is 4. The Morgan fingerprint density at radius 1 is 1.11 bits per heavy atom. The van der Waals surface area contributed by atoms with Crippen molar-refractivity contribution in [2.75, 3.05) is 7.05 Å². The molecule has 1 aromatic carbocycles. The molecule has 0 bridgehead atoms. The average molecular weight is 249 g/mol. The quantitative estimate of drug-likeness (QED) is 0.891. The lowest BCUT2D eigenvalue weighted by Gasteiger charge is -2.21. The van der Waals surface area contributed by atoms with Gasteiger partial charge in [0.1, 0.15) is 6.04 Å². The normalized spacial score (nSPS) is 12.3. The van der Waals surface area contributed by atoms with Gasteiger partial charge in [0, 0.05) is 12.6 Å². The first-order valence-electron chi connectivity index (χ1n) is 5.94. The summed E-state index contributed by atoms with van der Waals surface area (Å²) in [6, 6.07) is 6.45. The van der Waals surface area contributed by atoms with Crippen LogP contribution in [0.3, 0.4) is 0 Å². The van der Waals surface area contributed by atoms with Crippen molar-refractivity contribution >= 4 is 11.9 Å². The minimum atomic E-state index is -1.01. The molecule has 1 aromatic rings. The van der Waals surface area contributed by atoms with Crippen molar-refractivity contribution in [1.29, 1.82) is 0 Å². The van der Waals surface area contributed by atoms with Crippen LogP contribution in [0.25, 0.3) is 0 Å². The number of carbonyl (C=O) groups excluding carboxylic acids is 1. The van der Waals surface area contributed by atoms with Gasteiger partial charge in [-0.3, -0.25) is 4.79 Å². The Kier molecular flexibility index (Phi) is 4.48. The molecule has 0 saturated heterocycles. The van der Waals surface area contributed by atoms with E-state index in [-0.39, 0.29) is 5.91 Å². The van der Waals surface area contributed by atoms with Crippen LogP contribution in [-0.4, -0.2) is 35.0 Å². The Morgan fingerprint density at radius 2 is 1.61 bits per heavy atom. The second-order valence-electron chi connectivity index (χ2n) is 4.71. The lowest BCUT2D eigenvalue weighted by molar-refractivity contribution is -0.141. The fraction of sp³-hybridized carbons (Fsp3) is 0.429. The lowest BCUT2D eigenvalue weighted by atomic mass is 10.0. The molecule has 1 amide bonds. The summed E-state index contributed by atoms with van der Waals surface area (Å²) in [5.74, 6) is -0.880. The summed E-state index contributed by atoms with van der Waals surface area (Å²) in [7, 11) is 1.50. The van der Waals surface area contributed by atoms with Crippen LogP contribution in [0, 0.1) is 0 Å². The van der Waals surface area contributed by atoms with E-state index in [1.165, 1.54) is 18.9 Å². The van der Waals surface area contributed by atoms with Crippen molar-refractivity contribution in [3.8, 4) is 0 Å². The molecular weight excluding hydrogens is 230 g/mol. The SMILES string of the molecule is CC(C)c1ccc(C(=O)N(C)C(C)C(=O)O)cc1. The first-order valence-corrected chi connectivity index (χ1v) is 5.94. The Labute approximate surface area is 107 Å². The van der Waals surface area contributed by atoms with Crippen LogP contribution in [0.15, 0.2) is 24.3 Å². The van der Waals surface area contributed by atoms with Gasteiger partial charge in [0.25, 0.3) is 5.91 Å². The summed E-state index contributed by atoms with van der Waals surface area (Å²) in [5, 5.41) is 8.87. The molecular formula is C14H19NO3. The molecule has 0 aliphatic rings. The molecule has 0 aliphatic heterocycles. The van der Waals surface area contributed by atoms with E-state index < -0.39 is 12.0 Å². The summed E-state index contributed by atoms with van der Waals surface area (Å²) in [6.07, 6.45) is 0. The molecule has 98 valence electrons. The highest BCUT2D eigenvalue weighted by Gasteiger charge is 2.22. The van der Waals surface area contributed by atoms with Crippen LogP contribution in [0.4, 0.5) is 0 Å². The van der Waals surface area contributed by atoms with Gasteiger partial charge in [-0.25, -0.2) is 4.79 Å². The van der Waals surface area contributed by atoms with Gasteiger partial charge < -0.3 is 10.0 Å². The molecule has 0 radical (unpaired) electrons.